The van der Waals surface area contributed by atoms with Crippen LogP contribution in [0.2, 0.25) is 0 Å². The molecule has 17 heavy (non-hydrogen) atoms. The van der Waals surface area contributed by atoms with Crippen molar-refractivity contribution in [2.75, 3.05) is 0 Å². The zero-order valence-electron chi connectivity index (χ0n) is 10.0. The van der Waals surface area contributed by atoms with Gasteiger partial charge in [0.25, 0.3) is 0 Å². The summed E-state index contributed by atoms with van der Waals surface area (Å²) in [4.78, 5) is 0. The van der Waals surface area contributed by atoms with Gasteiger partial charge in [0.05, 0.1) is 6.04 Å². The first-order valence-electron chi connectivity index (χ1n) is 5.73. The smallest absolute Gasteiger partial charge is 0.134 e. The molecule has 1 unspecified atom stereocenters. The number of furan rings is 1. The highest BCUT2D eigenvalue weighted by Gasteiger charge is 2.12. The summed E-state index contributed by atoms with van der Waals surface area (Å²) in [5.74, 6) is 1.15. The molecule has 0 aliphatic rings. The fourth-order valence-corrected chi connectivity index (χ4v) is 1.76. The first-order chi connectivity index (χ1) is 8.11. The molecular weight excluding hydrogens is 217 g/mol. The zero-order valence-corrected chi connectivity index (χ0v) is 10.0. The van der Waals surface area contributed by atoms with Gasteiger partial charge in [-0.2, -0.15) is 0 Å². The van der Waals surface area contributed by atoms with Crippen molar-refractivity contribution < 1.29 is 8.81 Å². The normalized spacial score (nSPS) is 12.7. The fourth-order valence-electron chi connectivity index (χ4n) is 1.76. The highest BCUT2D eigenvalue weighted by molar-refractivity contribution is 5.62. The highest BCUT2D eigenvalue weighted by atomic mass is 19.1. The van der Waals surface area contributed by atoms with Crippen LogP contribution in [0.1, 0.15) is 30.7 Å². The van der Waals surface area contributed by atoms with Crippen LogP contribution in [0, 0.1) is 12.7 Å². The monoisotopic (exact) mass is 233 g/mol. The Morgan fingerprint density at radius 2 is 2.06 bits per heavy atom. The van der Waals surface area contributed by atoms with Gasteiger partial charge in [0.1, 0.15) is 17.3 Å². The SMILES string of the molecule is CCC(N)c1ccc(-c2cc(F)ccc2C)o1. The first kappa shape index (κ1) is 11.9. The van der Waals surface area contributed by atoms with Crippen LogP contribution in [0.15, 0.2) is 34.7 Å². The number of aryl methyl sites for hydroxylation is 1. The van der Waals surface area contributed by atoms with E-state index in [-0.39, 0.29) is 11.9 Å². The van der Waals surface area contributed by atoms with E-state index in [0.717, 1.165) is 23.3 Å². The van der Waals surface area contributed by atoms with Gasteiger partial charge in [0, 0.05) is 5.56 Å². The average molecular weight is 233 g/mol. The third-order valence-electron chi connectivity index (χ3n) is 2.90. The summed E-state index contributed by atoms with van der Waals surface area (Å²) in [6.07, 6.45) is 0.815. The molecule has 0 fully saturated rings. The summed E-state index contributed by atoms with van der Waals surface area (Å²) < 4.78 is 18.9. The van der Waals surface area contributed by atoms with Crippen LogP contribution in [0.4, 0.5) is 4.39 Å². The van der Waals surface area contributed by atoms with Crippen LogP contribution in [-0.2, 0) is 0 Å². The molecule has 2 rings (SSSR count). The molecule has 0 bridgehead atoms. The second kappa shape index (κ2) is 4.72. The Bertz CT molecular complexity index is 519. The molecule has 1 aromatic carbocycles. The van der Waals surface area contributed by atoms with E-state index in [0.29, 0.717) is 5.76 Å². The summed E-state index contributed by atoms with van der Waals surface area (Å²) in [5.41, 5.74) is 7.65. The van der Waals surface area contributed by atoms with E-state index in [1.807, 2.05) is 26.0 Å². The van der Waals surface area contributed by atoms with Gasteiger partial charge in [-0.25, -0.2) is 4.39 Å². The molecule has 0 saturated carbocycles. The van der Waals surface area contributed by atoms with Gasteiger partial charge in [-0.05, 0) is 43.2 Å². The van der Waals surface area contributed by atoms with Gasteiger partial charge in [-0.3, -0.25) is 0 Å². The van der Waals surface area contributed by atoms with Crippen molar-refractivity contribution in [3.63, 3.8) is 0 Å². The summed E-state index contributed by atoms with van der Waals surface area (Å²) in [6.45, 7) is 3.93. The van der Waals surface area contributed by atoms with E-state index >= 15 is 0 Å². The molecule has 1 atom stereocenters. The van der Waals surface area contributed by atoms with Crippen LogP contribution in [0.5, 0.6) is 0 Å². The van der Waals surface area contributed by atoms with E-state index in [4.69, 9.17) is 10.2 Å². The quantitative estimate of drug-likeness (QED) is 0.875. The lowest BCUT2D eigenvalue weighted by atomic mass is 10.1. The second-order valence-electron chi connectivity index (χ2n) is 4.18. The molecule has 2 N–H and O–H groups in total. The Morgan fingerprint density at radius 3 is 2.76 bits per heavy atom. The molecule has 0 aliphatic heterocycles. The second-order valence-corrected chi connectivity index (χ2v) is 4.18. The van der Waals surface area contributed by atoms with Gasteiger partial charge in [0.15, 0.2) is 0 Å². The lowest BCUT2D eigenvalue weighted by molar-refractivity contribution is 0.469. The molecule has 0 amide bonds. The molecule has 0 aliphatic carbocycles. The first-order valence-corrected chi connectivity index (χ1v) is 5.73. The Labute approximate surface area is 100 Å². The molecule has 1 heterocycles. The summed E-state index contributed by atoms with van der Waals surface area (Å²) in [7, 11) is 0. The summed E-state index contributed by atoms with van der Waals surface area (Å²) in [5, 5.41) is 0. The van der Waals surface area contributed by atoms with Crippen molar-refractivity contribution in [3.05, 3.63) is 47.5 Å². The lowest BCUT2D eigenvalue weighted by Gasteiger charge is -2.05. The Balaban J connectivity index is 2.40. The van der Waals surface area contributed by atoms with Crippen LogP contribution >= 0.6 is 0 Å². The lowest BCUT2D eigenvalue weighted by Crippen LogP contribution is -2.06. The molecule has 1 aromatic heterocycles. The highest BCUT2D eigenvalue weighted by Crippen LogP contribution is 2.28. The average Bonchev–Trinajstić information content (AvgIpc) is 2.80. The number of hydrogen-bond acceptors (Lipinski definition) is 2. The van der Waals surface area contributed by atoms with Gasteiger partial charge in [-0.1, -0.05) is 13.0 Å². The molecular formula is C14H16FNO. The van der Waals surface area contributed by atoms with Crippen molar-refractivity contribution in [2.45, 2.75) is 26.3 Å². The van der Waals surface area contributed by atoms with E-state index in [2.05, 4.69) is 0 Å². The minimum absolute atomic E-state index is 0.0994. The summed E-state index contributed by atoms with van der Waals surface area (Å²) in [6, 6.07) is 8.26. The fraction of sp³-hybridized carbons (Fsp3) is 0.286. The Kier molecular flexibility index (Phi) is 3.29. The predicted octanol–water partition coefficient (Wildman–Crippen LogP) is 3.80. The van der Waals surface area contributed by atoms with Gasteiger partial charge < -0.3 is 10.2 Å². The van der Waals surface area contributed by atoms with Crippen molar-refractivity contribution >= 4 is 0 Å². The van der Waals surface area contributed by atoms with Crippen molar-refractivity contribution in [3.8, 4) is 11.3 Å². The minimum atomic E-state index is -0.261. The van der Waals surface area contributed by atoms with Crippen LogP contribution in [0.3, 0.4) is 0 Å². The number of nitrogens with two attached hydrogens (primary N) is 1. The minimum Gasteiger partial charge on any atom is -0.459 e. The van der Waals surface area contributed by atoms with E-state index < -0.39 is 0 Å². The van der Waals surface area contributed by atoms with Gasteiger partial charge in [-0.15, -0.1) is 0 Å². The molecule has 2 aromatic rings. The maximum Gasteiger partial charge on any atom is 0.134 e. The van der Waals surface area contributed by atoms with E-state index in [1.54, 1.807) is 6.07 Å². The largest absolute Gasteiger partial charge is 0.459 e. The molecule has 90 valence electrons. The van der Waals surface area contributed by atoms with Crippen molar-refractivity contribution in [1.29, 1.82) is 0 Å². The maximum absolute atomic E-state index is 13.2. The molecule has 3 heteroatoms. The third kappa shape index (κ3) is 2.39. The third-order valence-corrected chi connectivity index (χ3v) is 2.90. The van der Waals surface area contributed by atoms with E-state index in [9.17, 15) is 4.39 Å². The van der Waals surface area contributed by atoms with Crippen molar-refractivity contribution in [2.24, 2.45) is 5.73 Å². The van der Waals surface area contributed by atoms with Crippen molar-refractivity contribution in [1.82, 2.24) is 0 Å². The molecule has 0 radical (unpaired) electrons. The Morgan fingerprint density at radius 1 is 1.29 bits per heavy atom. The topological polar surface area (TPSA) is 39.2 Å². The van der Waals surface area contributed by atoms with Crippen LogP contribution < -0.4 is 5.73 Å². The van der Waals surface area contributed by atoms with Crippen LogP contribution in [0.25, 0.3) is 11.3 Å². The number of hydrogen-bond donors (Lipinski definition) is 1. The zero-order chi connectivity index (χ0) is 12.4. The number of halogens is 1. The maximum atomic E-state index is 13.2. The van der Waals surface area contributed by atoms with Crippen LogP contribution in [-0.4, -0.2) is 0 Å². The molecule has 2 nitrogen and oxygen atoms in total. The molecule has 0 saturated heterocycles. The molecule has 0 spiro atoms. The van der Waals surface area contributed by atoms with E-state index in [1.165, 1.54) is 12.1 Å². The standard InChI is InChI=1S/C14H16FNO/c1-3-12(16)14-7-6-13(17-14)11-8-10(15)5-4-9(11)2/h4-8,12H,3,16H2,1-2H3. The number of benzene rings is 1. The van der Waals surface area contributed by atoms with Gasteiger partial charge >= 0.3 is 0 Å². The summed E-state index contributed by atoms with van der Waals surface area (Å²) >= 11 is 0. The number of rotatable bonds is 3. The Hall–Kier alpha value is -1.61. The predicted molar refractivity (Wildman–Crippen MR) is 66.1 cm³/mol. The van der Waals surface area contributed by atoms with Gasteiger partial charge in [0.2, 0.25) is 0 Å².